The number of rotatable bonds is 9. The third-order valence-corrected chi connectivity index (χ3v) is 6.21. The summed E-state index contributed by atoms with van der Waals surface area (Å²) in [6, 6.07) is 18.6. The lowest BCUT2D eigenvalue weighted by Crippen LogP contribution is -2.28. The van der Waals surface area contributed by atoms with Crippen LogP contribution in [0.15, 0.2) is 79.4 Å². The van der Waals surface area contributed by atoms with Gasteiger partial charge in [-0.1, -0.05) is 66.2 Å². The van der Waals surface area contributed by atoms with E-state index < -0.39 is 0 Å². The zero-order valence-electron chi connectivity index (χ0n) is 15.6. The standard InChI is InChI=1S/C23H25ClN2S/c1-23(18-26-16-15-25-19-26,14-13-21-9-11-22(24)12-10-21)27-17-5-8-20-6-3-2-4-7-20/h2-12,15-16,19H,13-14,17-18H2,1H3. The van der Waals surface area contributed by atoms with Crippen LogP contribution in [0.4, 0.5) is 0 Å². The third kappa shape index (κ3) is 6.60. The molecule has 4 heteroatoms. The Labute approximate surface area is 171 Å². The van der Waals surface area contributed by atoms with Crippen molar-refractivity contribution >= 4 is 29.4 Å². The molecular formula is C23H25ClN2S. The molecule has 2 aromatic carbocycles. The first-order valence-corrected chi connectivity index (χ1v) is 10.6. The van der Waals surface area contributed by atoms with Crippen LogP contribution in [0.5, 0.6) is 0 Å². The lowest BCUT2D eigenvalue weighted by molar-refractivity contribution is 0.496. The largest absolute Gasteiger partial charge is 0.336 e. The van der Waals surface area contributed by atoms with E-state index in [1.807, 2.05) is 48.7 Å². The second-order valence-corrected chi connectivity index (χ2v) is 8.98. The van der Waals surface area contributed by atoms with E-state index in [0.29, 0.717) is 0 Å². The van der Waals surface area contributed by atoms with Crippen molar-refractivity contribution in [2.45, 2.75) is 31.1 Å². The fraction of sp³-hybridized carbons (Fsp3) is 0.261. The molecule has 0 N–H and O–H groups in total. The minimum atomic E-state index is 0.126. The van der Waals surface area contributed by atoms with Gasteiger partial charge in [-0.3, -0.25) is 0 Å². The van der Waals surface area contributed by atoms with Crippen LogP contribution in [-0.4, -0.2) is 20.1 Å². The van der Waals surface area contributed by atoms with Gasteiger partial charge in [0, 0.05) is 34.5 Å². The Bertz CT molecular complexity index is 829. The van der Waals surface area contributed by atoms with E-state index in [1.165, 1.54) is 11.1 Å². The summed E-state index contributed by atoms with van der Waals surface area (Å²) in [6.07, 6.45) is 12.4. The van der Waals surface area contributed by atoms with Gasteiger partial charge in [-0.15, -0.1) is 11.8 Å². The van der Waals surface area contributed by atoms with Crippen molar-refractivity contribution in [2.75, 3.05) is 5.75 Å². The summed E-state index contributed by atoms with van der Waals surface area (Å²) in [5.41, 5.74) is 2.58. The van der Waals surface area contributed by atoms with Gasteiger partial charge in [0.1, 0.15) is 0 Å². The smallest absolute Gasteiger partial charge is 0.0946 e. The molecule has 0 aliphatic rings. The molecule has 0 bridgehead atoms. The Kier molecular flexibility index (Phi) is 7.19. The van der Waals surface area contributed by atoms with Gasteiger partial charge in [0.15, 0.2) is 0 Å². The quantitative estimate of drug-likeness (QED) is 0.418. The molecule has 0 saturated heterocycles. The molecule has 1 heterocycles. The van der Waals surface area contributed by atoms with Crippen LogP contribution in [0.1, 0.15) is 24.5 Å². The van der Waals surface area contributed by atoms with Crippen LogP contribution in [0.3, 0.4) is 0 Å². The van der Waals surface area contributed by atoms with Crippen LogP contribution in [-0.2, 0) is 13.0 Å². The minimum absolute atomic E-state index is 0.126. The zero-order chi connectivity index (χ0) is 19.0. The van der Waals surface area contributed by atoms with Gasteiger partial charge in [0.25, 0.3) is 0 Å². The van der Waals surface area contributed by atoms with Crippen molar-refractivity contribution in [1.29, 1.82) is 0 Å². The average molecular weight is 397 g/mol. The molecule has 140 valence electrons. The summed E-state index contributed by atoms with van der Waals surface area (Å²) in [5.74, 6) is 0.987. The first kappa shape index (κ1) is 19.8. The Morgan fingerprint density at radius 2 is 1.89 bits per heavy atom. The summed E-state index contributed by atoms with van der Waals surface area (Å²) >= 11 is 8.01. The minimum Gasteiger partial charge on any atom is -0.336 e. The maximum Gasteiger partial charge on any atom is 0.0946 e. The van der Waals surface area contributed by atoms with Gasteiger partial charge in [0.2, 0.25) is 0 Å². The fourth-order valence-corrected chi connectivity index (χ4v) is 4.23. The predicted molar refractivity (Wildman–Crippen MR) is 118 cm³/mol. The van der Waals surface area contributed by atoms with E-state index in [9.17, 15) is 0 Å². The molecule has 27 heavy (non-hydrogen) atoms. The van der Waals surface area contributed by atoms with Crippen LogP contribution >= 0.6 is 23.4 Å². The Morgan fingerprint density at radius 1 is 1.11 bits per heavy atom. The molecule has 0 saturated carbocycles. The number of imidazole rings is 1. The highest BCUT2D eigenvalue weighted by Gasteiger charge is 2.24. The van der Waals surface area contributed by atoms with Gasteiger partial charge >= 0.3 is 0 Å². The zero-order valence-corrected chi connectivity index (χ0v) is 17.2. The maximum absolute atomic E-state index is 6.01. The van der Waals surface area contributed by atoms with E-state index in [1.54, 1.807) is 0 Å². The second kappa shape index (κ2) is 9.82. The average Bonchev–Trinajstić information content (AvgIpc) is 3.19. The van der Waals surface area contributed by atoms with Crippen molar-refractivity contribution in [3.05, 3.63) is 95.5 Å². The molecule has 3 aromatic rings. The maximum atomic E-state index is 6.01. The summed E-state index contributed by atoms with van der Waals surface area (Å²) in [7, 11) is 0. The van der Waals surface area contributed by atoms with Gasteiger partial charge in [-0.2, -0.15) is 0 Å². The van der Waals surface area contributed by atoms with Crippen molar-refractivity contribution in [3.8, 4) is 0 Å². The van der Waals surface area contributed by atoms with Crippen molar-refractivity contribution in [1.82, 2.24) is 9.55 Å². The number of nitrogens with zero attached hydrogens (tertiary/aromatic N) is 2. The number of hydrogen-bond acceptors (Lipinski definition) is 2. The summed E-state index contributed by atoms with van der Waals surface area (Å²) in [6.45, 7) is 3.30. The number of aryl methyl sites for hydroxylation is 1. The van der Waals surface area contributed by atoms with Crippen molar-refractivity contribution < 1.29 is 0 Å². The van der Waals surface area contributed by atoms with Crippen molar-refractivity contribution in [2.24, 2.45) is 0 Å². The Hall–Kier alpha value is -1.97. The highest BCUT2D eigenvalue weighted by atomic mass is 35.5. The molecule has 1 aromatic heterocycles. The van der Waals surface area contributed by atoms with Crippen LogP contribution in [0.25, 0.3) is 6.08 Å². The highest BCUT2D eigenvalue weighted by molar-refractivity contribution is 8.00. The summed E-state index contributed by atoms with van der Waals surface area (Å²) in [5, 5.41) is 0.792. The monoisotopic (exact) mass is 396 g/mol. The lowest BCUT2D eigenvalue weighted by Gasteiger charge is -2.29. The van der Waals surface area contributed by atoms with E-state index in [0.717, 1.165) is 30.2 Å². The van der Waals surface area contributed by atoms with Gasteiger partial charge in [0.05, 0.1) is 6.33 Å². The van der Waals surface area contributed by atoms with E-state index in [2.05, 4.69) is 65.0 Å². The number of halogens is 1. The topological polar surface area (TPSA) is 17.8 Å². The molecule has 1 atom stereocenters. The van der Waals surface area contributed by atoms with E-state index in [-0.39, 0.29) is 4.75 Å². The third-order valence-electron chi connectivity index (χ3n) is 4.57. The van der Waals surface area contributed by atoms with Crippen LogP contribution < -0.4 is 0 Å². The molecule has 0 fully saturated rings. The molecule has 0 aliphatic carbocycles. The van der Waals surface area contributed by atoms with Crippen LogP contribution in [0, 0.1) is 0 Å². The number of thioether (sulfide) groups is 1. The Morgan fingerprint density at radius 3 is 2.59 bits per heavy atom. The molecule has 0 amide bonds. The predicted octanol–water partition coefficient (Wildman–Crippen LogP) is 6.37. The SMILES string of the molecule is CC(CCc1ccc(Cl)cc1)(Cn1ccnc1)SCC=Cc1ccccc1. The lowest BCUT2D eigenvalue weighted by atomic mass is 10.00. The fourth-order valence-electron chi connectivity index (χ4n) is 3.02. The van der Waals surface area contributed by atoms with Crippen LogP contribution in [0.2, 0.25) is 5.02 Å². The normalized spacial score (nSPS) is 13.7. The molecule has 2 nitrogen and oxygen atoms in total. The van der Waals surface area contributed by atoms with Crippen molar-refractivity contribution in [3.63, 3.8) is 0 Å². The van der Waals surface area contributed by atoms with Gasteiger partial charge < -0.3 is 4.57 Å². The molecule has 1 unspecified atom stereocenters. The molecular weight excluding hydrogens is 372 g/mol. The molecule has 0 aliphatic heterocycles. The van der Waals surface area contributed by atoms with Gasteiger partial charge in [-0.25, -0.2) is 4.98 Å². The molecule has 3 rings (SSSR count). The van der Waals surface area contributed by atoms with Gasteiger partial charge in [-0.05, 0) is 43.0 Å². The summed E-state index contributed by atoms with van der Waals surface area (Å²) in [4.78, 5) is 4.20. The number of hydrogen-bond donors (Lipinski definition) is 0. The first-order chi connectivity index (χ1) is 13.1. The number of aromatic nitrogens is 2. The second-order valence-electron chi connectivity index (χ2n) is 6.94. The van der Waals surface area contributed by atoms with E-state index >= 15 is 0 Å². The van der Waals surface area contributed by atoms with E-state index in [4.69, 9.17) is 11.6 Å². The molecule has 0 radical (unpaired) electrons. The first-order valence-electron chi connectivity index (χ1n) is 9.19. The highest BCUT2D eigenvalue weighted by Crippen LogP contribution is 2.32. The summed E-state index contributed by atoms with van der Waals surface area (Å²) < 4.78 is 2.30. The molecule has 0 spiro atoms. The Balaban J connectivity index is 1.61. The number of benzene rings is 2.